The van der Waals surface area contributed by atoms with E-state index in [9.17, 15) is 9.59 Å². The molecule has 5 heteroatoms. The monoisotopic (exact) mass is 402 g/mol. The first-order valence-electron chi connectivity index (χ1n) is 11.1. The average molecular weight is 403 g/mol. The van der Waals surface area contributed by atoms with Crippen molar-refractivity contribution in [2.24, 2.45) is 0 Å². The number of nitrogens with one attached hydrogen (secondary N) is 1. The normalized spacial score (nSPS) is 15.2. The van der Waals surface area contributed by atoms with Crippen molar-refractivity contribution in [3.05, 3.63) is 29.8 Å². The van der Waals surface area contributed by atoms with Gasteiger partial charge in [-0.25, -0.2) is 0 Å². The lowest BCUT2D eigenvalue weighted by atomic mass is 9.87. The number of ether oxygens (including phenoxy) is 1. The number of amides is 2. The second kappa shape index (κ2) is 11.2. The highest BCUT2D eigenvalue weighted by Crippen LogP contribution is 2.24. The molecular formula is C24H38N2O3. The summed E-state index contributed by atoms with van der Waals surface area (Å²) in [5.74, 6) is 1.18. The Morgan fingerprint density at radius 3 is 2.31 bits per heavy atom. The number of rotatable bonds is 9. The molecule has 1 heterocycles. The van der Waals surface area contributed by atoms with Crippen LogP contribution in [0.15, 0.2) is 24.3 Å². The summed E-state index contributed by atoms with van der Waals surface area (Å²) in [5.41, 5.74) is 1.42. The molecule has 1 aromatic carbocycles. The second-order valence-electron chi connectivity index (χ2n) is 9.05. The third-order valence-electron chi connectivity index (χ3n) is 5.49. The van der Waals surface area contributed by atoms with Crippen molar-refractivity contribution in [1.82, 2.24) is 10.2 Å². The van der Waals surface area contributed by atoms with Crippen LogP contribution in [0.1, 0.15) is 78.2 Å². The van der Waals surface area contributed by atoms with Crippen LogP contribution in [-0.2, 0) is 15.0 Å². The van der Waals surface area contributed by atoms with E-state index in [0.717, 1.165) is 44.5 Å². The zero-order valence-corrected chi connectivity index (χ0v) is 18.6. The van der Waals surface area contributed by atoms with E-state index in [2.05, 4.69) is 45.1 Å². The van der Waals surface area contributed by atoms with Crippen LogP contribution in [0.4, 0.5) is 0 Å². The highest BCUT2D eigenvalue weighted by molar-refractivity contribution is 5.77. The number of nitrogens with zero attached hydrogens (tertiary/aromatic N) is 1. The van der Waals surface area contributed by atoms with Crippen LogP contribution in [-0.4, -0.2) is 42.5 Å². The average Bonchev–Trinajstić information content (AvgIpc) is 2.69. The summed E-state index contributed by atoms with van der Waals surface area (Å²) in [4.78, 5) is 26.2. The van der Waals surface area contributed by atoms with Crippen LogP contribution < -0.4 is 10.1 Å². The minimum absolute atomic E-state index is 0.136. The number of unbranched alkanes of at least 4 members (excludes halogenated alkanes) is 1. The van der Waals surface area contributed by atoms with Gasteiger partial charge in [-0.05, 0) is 48.8 Å². The summed E-state index contributed by atoms with van der Waals surface area (Å²) < 4.78 is 5.79. The number of carbonyl (C=O) groups excluding carboxylic acids is 2. The van der Waals surface area contributed by atoms with Crippen LogP contribution in [0.3, 0.4) is 0 Å². The molecule has 5 nitrogen and oxygen atoms in total. The Labute approximate surface area is 176 Å². The third-order valence-corrected chi connectivity index (χ3v) is 5.49. The Kier molecular flexibility index (Phi) is 8.99. The number of carbonyl (C=O) groups is 2. The lowest BCUT2D eigenvalue weighted by Gasteiger charge is -2.32. The Morgan fingerprint density at radius 2 is 1.72 bits per heavy atom. The quantitative estimate of drug-likeness (QED) is 0.621. The van der Waals surface area contributed by atoms with Crippen LogP contribution >= 0.6 is 0 Å². The highest BCUT2D eigenvalue weighted by Gasteiger charge is 2.23. The molecule has 1 aliphatic rings. The Balaban J connectivity index is 1.62. The third kappa shape index (κ3) is 8.08. The van der Waals surface area contributed by atoms with E-state index in [0.29, 0.717) is 25.9 Å². The number of likely N-dealkylation sites (tertiary alicyclic amines) is 1. The molecule has 0 unspecified atom stereocenters. The molecule has 0 bridgehead atoms. The van der Waals surface area contributed by atoms with Crippen molar-refractivity contribution < 1.29 is 14.3 Å². The van der Waals surface area contributed by atoms with Gasteiger partial charge in [0.1, 0.15) is 5.75 Å². The molecule has 0 radical (unpaired) electrons. The lowest BCUT2D eigenvalue weighted by molar-refractivity contribution is -0.132. The van der Waals surface area contributed by atoms with E-state index in [1.165, 1.54) is 5.56 Å². The van der Waals surface area contributed by atoms with Crippen LogP contribution in [0.5, 0.6) is 5.75 Å². The van der Waals surface area contributed by atoms with Gasteiger partial charge in [0, 0.05) is 32.0 Å². The van der Waals surface area contributed by atoms with Crippen molar-refractivity contribution in [1.29, 1.82) is 0 Å². The molecule has 1 aliphatic heterocycles. The van der Waals surface area contributed by atoms with Gasteiger partial charge in [0.05, 0.1) is 6.61 Å². The molecule has 29 heavy (non-hydrogen) atoms. The molecule has 1 saturated heterocycles. The molecular weight excluding hydrogens is 364 g/mol. The topological polar surface area (TPSA) is 58.6 Å². The molecule has 162 valence electrons. The Bertz CT molecular complexity index is 641. The van der Waals surface area contributed by atoms with E-state index in [1.807, 2.05) is 17.0 Å². The van der Waals surface area contributed by atoms with Gasteiger partial charge >= 0.3 is 0 Å². The van der Waals surface area contributed by atoms with Gasteiger partial charge in [-0.15, -0.1) is 0 Å². The fraction of sp³-hybridized carbons (Fsp3) is 0.667. The summed E-state index contributed by atoms with van der Waals surface area (Å²) in [7, 11) is 0. The van der Waals surface area contributed by atoms with Crippen molar-refractivity contribution in [2.45, 2.75) is 84.1 Å². The number of piperidine rings is 1. The molecule has 0 atom stereocenters. The van der Waals surface area contributed by atoms with Crippen molar-refractivity contribution in [3.63, 3.8) is 0 Å². The molecule has 1 N–H and O–H groups in total. The minimum atomic E-state index is 0.136. The van der Waals surface area contributed by atoms with E-state index >= 15 is 0 Å². The molecule has 0 saturated carbocycles. The van der Waals surface area contributed by atoms with Gasteiger partial charge in [0.15, 0.2) is 0 Å². The standard InChI is InChI=1S/C24H38N2O3/c1-5-6-8-22(27)25-20-14-16-26(17-15-20)23(28)9-7-18-29-21-12-10-19(11-13-21)24(2,3)4/h10-13,20H,5-9,14-18H2,1-4H3,(H,25,27). The maximum Gasteiger partial charge on any atom is 0.222 e. The predicted molar refractivity (Wildman–Crippen MR) is 117 cm³/mol. The largest absolute Gasteiger partial charge is 0.494 e. The van der Waals surface area contributed by atoms with Gasteiger partial charge in [-0.2, -0.15) is 0 Å². The van der Waals surface area contributed by atoms with E-state index < -0.39 is 0 Å². The number of hydrogen-bond donors (Lipinski definition) is 1. The predicted octanol–water partition coefficient (Wildman–Crippen LogP) is 4.44. The molecule has 0 spiro atoms. The smallest absolute Gasteiger partial charge is 0.222 e. The second-order valence-corrected chi connectivity index (χ2v) is 9.05. The van der Waals surface area contributed by atoms with Crippen LogP contribution in [0.2, 0.25) is 0 Å². The van der Waals surface area contributed by atoms with Gasteiger partial charge < -0.3 is 15.0 Å². The molecule has 2 rings (SSSR count). The van der Waals surface area contributed by atoms with Gasteiger partial charge in [-0.1, -0.05) is 46.2 Å². The lowest BCUT2D eigenvalue weighted by Crippen LogP contribution is -2.46. The molecule has 1 aromatic rings. The maximum absolute atomic E-state index is 12.4. The van der Waals surface area contributed by atoms with Gasteiger partial charge in [0.2, 0.25) is 11.8 Å². The van der Waals surface area contributed by atoms with Crippen LogP contribution in [0, 0.1) is 0 Å². The summed E-state index contributed by atoms with van der Waals surface area (Å²) in [6.45, 7) is 10.7. The molecule has 0 aliphatic carbocycles. The SMILES string of the molecule is CCCCC(=O)NC1CCN(C(=O)CCCOc2ccc(C(C)(C)C)cc2)CC1. The first kappa shape index (κ1) is 23.2. The highest BCUT2D eigenvalue weighted by atomic mass is 16.5. The maximum atomic E-state index is 12.4. The number of benzene rings is 1. The molecule has 2 amide bonds. The summed E-state index contributed by atoms with van der Waals surface area (Å²) in [5, 5.41) is 3.10. The van der Waals surface area contributed by atoms with Crippen molar-refractivity contribution in [2.75, 3.05) is 19.7 Å². The first-order chi connectivity index (χ1) is 13.8. The van der Waals surface area contributed by atoms with Crippen LogP contribution in [0.25, 0.3) is 0 Å². The summed E-state index contributed by atoms with van der Waals surface area (Å²) in [6, 6.07) is 8.42. The van der Waals surface area contributed by atoms with Gasteiger partial charge in [0.25, 0.3) is 0 Å². The number of hydrogen-bond acceptors (Lipinski definition) is 3. The first-order valence-corrected chi connectivity index (χ1v) is 11.1. The fourth-order valence-corrected chi connectivity index (χ4v) is 3.53. The fourth-order valence-electron chi connectivity index (χ4n) is 3.53. The molecule has 1 fully saturated rings. The van der Waals surface area contributed by atoms with Crippen molar-refractivity contribution >= 4 is 11.8 Å². The zero-order chi connectivity index (χ0) is 21.3. The van der Waals surface area contributed by atoms with Crippen molar-refractivity contribution in [3.8, 4) is 5.75 Å². The Hall–Kier alpha value is -2.04. The summed E-state index contributed by atoms with van der Waals surface area (Å²) >= 11 is 0. The van der Waals surface area contributed by atoms with E-state index in [1.54, 1.807) is 0 Å². The summed E-state index contributed by atoms with van der Waals surface area (Å²) in [6.07, 6.45) is 5.49. The molecule has 0 aromatic heterocycles. The van der Waals surface area contributed by atoms with E-state index in [4.69, 9.17) is 4.74 Å². The minimum Gasteiger partial charge on any atom is -0.494 e. The van der Waals surface area contributed by atoms with E-state index in [-0.39, 0.29) is 23.3 Å². The zero-order valence-electron chi connectivity index (χ0n) is 18.6. The Morgan fingerprint density at radius 1 is 1.07 bits per heavy atom. The van der Waals surface area contributed by atoms with Gasteiger partial charge in [-0.3, -0.25) is 9.59 Å².